The van der Waals surface area contributed by atoms with Crippen LogP contribution >= 0.6 is 23.6 Å². The number of nitrogens with zero attached hydrogens (tertiary/aromatic N) is 2. The van der Waals surface area contributed by atoms with Gasteiger partial charge in [0.05, 0.1) is 0 Å². The van der Waals surface area contributed by atoms with Crippen molar-refractivity contribution in [1.82, 2.24) is 14.8 Å². The van der Waals surface area contributed by atoms with E-state index in [1.807, 2.05) is 11.3 Å². The van der Waals surface area contributed by atoms with Crippen LogP contribution in [-0.2, 0) is 12.8 Å². The van der Waals surface area contributed by atoms with Crippen molar-refractivity contribution in [2.75, 3.05) is 0 Å². The van der Waals surface area contributed by atoms with Gasteiger partial charge in [0.1, 0.15) is 0 Å². The number of fused-ring (bicyclic) bond motifs is 1. The summed E-state index contributed by atoms with van der Waals surface area (Å²) >= 11 is 7.44. The van der Waals surface area contributed by atoms with E-state index in [-0.39, 0.29) is 0 Å². The van der Waals surface area contributed by atoms with Crippen molar-refractivity contribution in [1.29, 1.82) is 0 Å². The van der Waals surface area contributed by atoms with Gasteiger partial charge in [-0.3, -0.25) is 9.67 Å². The van der Waals surface area contributed by atoms with Gasteiger partial charge in [-0.2, -0.15) is 5.10 Å². The fourth-order valence-electron chi connectivity index (χ4n) is 3.85. The van der Waals surface area contributed by atoms with Gasteiger partial charge in [0.25, 0.3) is 0 Å². The average molecular weight is 319 g/mol. The Bertz CT molecular complexity index is 689. The monoisotopic (exact) mass is 319 g/mol. The molecule has 0 spiro atoms. The maximum atomic E-state index is 5.53. The fraction of sp³-hybridized carbons (Fsp3) is 0.625. The number of rotatable bonds is 2. The Labute approximate surface area is 134 Å². The van der Waals surface area contributed by atoms with E-state index in [4.69, 9.17) is 12.2 Å². The zero-order valence-electron chi connectivity index (χ0n) is 12.2. The van der Waals surface area contributed by atoms with Crippen molar-refractivity contribution in [2.45, 2.75) is 63.8 Å². The van der Waals surface area contributed by atoms with Gasteiger partial charge in [-0.1, -0.05) is 19.3 Å². The third-order valence-electron chi connectivity index (χ3n) is 4.95. The average Bonchev–Trinajstić information content (AvgIpc) is 3.11. The second-order valence-corrected chi connectivity index (χ2v) is 7.62. The molecule has 2 aromatic heterocycles. The van der Waals surface area contributed by atoms with E-state index in [1.165, 1.54) is 68.9 Å². The molecule has 5 heteroatoms. The molecule has 4 rings (SSSR count). The molecule has 0 unspecified atom stereocenters. The topological polar surface area (TPSA) is 33.6 Å². The van der Waals surface area contributed by atoms with Gasteiger partial charge in [0, 0.05) is 21.9 Å². The van der Waals surface area contributed by atoms with E-state index >= 15 is 0 Å². The third-order valence-corrected chi connectivity index (χ3v) is 6.32. The molecule has 0 amide bonds. The van der Waals surface area contributed by atoms with Crippen LogP contribution in [0.4, 0.5) is 0 Å². The zero-order valence-corrected chi connectivity index (χ0v) is 13.9. The molecule has 0 aromatic carbocycles. The van der Waals surface area contributed by atoms with E-state index in [0.29, 0.717) is 6.04 Å². The Kier molecular flexibility index (Phi) is 3.71. The van der Waals surface area contributed by atoms with E-state index in [0.717, 1.165) is 10.6 Å². The maximum absolute atomic E-state index is 5.53. The minimum atomic E-state index is 0.541. The highest BCUT2D eigenvalue weighted by atomic mass is 32.1. The number of aryl methyl sites for hydroxylation is 1. The molecular formula is C16H21N3S2. The molecule has 0 aliphatic heterocycles. The zero-order chi connectivity index (χ0) is 14.2. The Morgan fingerprint density at radius 3 is 2.81 bits per heavy atom. The van der Waals surface area contributed by atoms with Gasteiger partial charge >= 0.3 is 0 Å². The standard InChI is InChI=1S/C16H21N3S2/c20-16-18-17-15(19(16)11-6-2-1-3-7-11)13-10-21-14-9-5-4-8-12(13)14/h10-11H,1-9H2,(H,18,20). The first-order chi connectivity index (χ1) is 10.3. The van der Waals surface area contributed by atoms with Gasteiger partial charge in [-0.05, 0) is 56.3 Å². The lowest BCUT2D eigenvalue weighted by atomic mass is 9.93. The molecule has 2 aliphatic carbocycles. The van der Waals surface area contributed by atoms with Gasteiger partial charge in [-0.25, -0.2) is 0 Å². The quantitative estimate of drug-likeness (QED) is 0.786. The van der Waals surface area contributed by atoms with Crippen LogP contribution in [-0.4, -0.2) is 14.8 Å². The lowest BCUT2D eigenvalue weighted by Crippen LogP contribution is -2.14. The number of nitrogens with one attached hydrogen (secondary N) is 1. The van der Waals surface area contributed by atoms with Crippen LogP contribution in [0.1, 0.15) is 61.4 Å². The summed E-state index contributed by atoms with van der Waals surface area (Å²) in [4.78, 5) is 1.57. The lowest BCUT2D eigenvalue weighted by Gasteiger charge is -2.24. The Balaban J connectivity index is 1.79. The second-order valence-electron chi connectivity index (χ2n) is 6.27. The molecule has 1 saturated carbocycles. The van der Waals surface area contributed by atoms with Crippen molar-refractivity contribution in [2.24, 2.45) is 0 Å². The normalized spacial score (nSPS) is 19.6. The Hall–Kier alpha value is -0.940. The lowest BCUT2D eigenvalue weighted by molar-refractivity contribution is 0.352. The molecule has 1 N–H and O–H groups in total. The fourth-order valence-corrected chi connectivity index (χ4v) is 5.26. The van der Waals surface area contributed by atoms with Crippen molar-refractivity contribution in [3.63, 3.8) is 0 Å². The molecule has 2 aliphatic rings. The van der Waals surface area contributed by atoms with Crippen molar-refractivity contribution < 1.29 is 0 Å². The largest absolute Gasteiger partial charge is 0.297 e. The number of hydrogen-bond acceptors (Lipinski definition) is 3. The number of aromatic amines is 1. The summed E-state index contributed by atoms with van der Waals surface area (Å²) in [6, 6.07) is 0.541. The molecular weight excluding hydrogens is 298 g/mol. The minimum absolute atomic E-state index is 0.541. The molecule has 1 fully saturated rings. The molecule has 2 aromatic rings. The van der Waals surface area contributed by atoms with E-state index in [9.17, 15) is 0 Å². The second kappa shape index (κ2) is 5.69. The Morgan fingerprint density at radius 1 is 1.14 bits per heavy atom. The maximum Gasteiger partial charge on any atom is 0.195 e. The van der Waals surface area contributed by atoms with Gasteiger partial charge < -0.3 is 0 Å². The summed E-state index contributed by atoms with van der Waals surface area (Å²) in [6.07, 6.45) is 11.6. The number of aromatic nitrogens is 3. The molecule has 0 bridgehead atoms. The van der Waals surface area contributed by atoms with Crippen molar-refractivity contribution in [3.8, 4) is 11.4 Å². The summed E-state index contributed by atoms with van der Waals surface area (Å²) in [5.74, 6) is 1.09. The van der Waals surface area contributed by atoms with Gasteiger partial charge in [0.15, 0.2) is 10.6 Å². The van der Waals surface area contributed by atoms with Crippen LogP contribution in [0.5, 0.6) is 0 Å². The summed E-state index contributed by atoms with van der Waals surface area (Å²) in [5, 5.41) is 9.95. The predicted octanol–water partition coefficient (Wildman–Crippen LogP) is 5.05. The third kappa shape index (κ3) is 2.40. The van der Waals surface area contributed by atoms with Crippen LogP contribution in [0.2, 0.25) is 0 Å². The molecule has 112 valence electrons. The summed E-state index contributed by atoms with van der Waals surface area (Å²) in [6.45, 7) is 0. The first kappa shape index (κ1) is 13.7. The number of hydrogen-bond donors (Lipinski definition) is 1. The summed E-state index contributed by atoms with van der Waals surface area (Å²) < 4.78 is 3.11. The van der Waals surface area contributed by atoms with Crippen LogP contribution in [0.3, 0.4) is 0 Å². The minimum Gasteiger partial charge on any atom is -0.297 e. The van der Waals surface area contributed by atoms with Gasteiger partial charge in [-0.15, -0.1) is 11.3 Å². The first-order valence-electron chi connectivity index (χ1n) is 8.11. The molecule has 0 saturated heterocycles. The van der Waals surface area contributed by atoms with E-state index < -0.39 is 0 Å². The number of H-pyrrole nitrogens is 1. The summed E-state index contributed by atoms with van der Waals surface area (Å²) in [7, 11) is 0. The van der Waals surface area contributed by atoms with Crippen LogP contribution < -0.4 is 0 Å². The smallest absolute Gasteiger partial charge is 0.195 e. The number of thiophene rings is 1. The highest BCUT2D eigenvalue weighted by Crippen LogP contribution is 2.38. The molecule has 21 heavy (non-hydrogen) atoms. The van der Waals surface area contributed by atoms with Gasteiger partial charge in [0.2, 0.25) is 0 Å². The van der Waals surface area contributed by atoms with Crippen molar-refractivity contribution >= 4 is 23.6 Å². The molecule has 3 nitrogen and oxygen atoms in total. The Morgan fingerprint density at radius 2 is 1.95 bits per heavy atom. The highest BCUT2D eigenvalue weighted by Gasteiger charge is 2.24. The van der Waals surface area contributed by atoms with E-state index in [1.54, 1.807) is 4.88 Å². The molecule has 0 radical (unpaired) electrons. The summed E-state index contributed by atoms with van der Waals surface area (Å²) in [5.41, 5.74) is 2.88. The van der Waals surface area contributed by atoms with Crippen LogP contribution in [0, 0.1) is 4.77 Å². The molecule has 2 heterocycles. The van der Waals surface area contributed by atoms with E-state index in [2.05, 4.69) is 20.1 Å². The first-order valence-corrected chi connectivity index (χ1v) is 9.40. The van der Waals surface area contributed by atoms with Crippen molar-refractivity contribution in [3.05, 3.63) is 20.6 Å². The molecule has 0 atom stereocenters. The SMILES string of the molecule is S=c1[nH]nc(-c2csc3c2CCCC3)n1C1CCCCC1. The predicted molar refractivity (Wildman–Crippen MR) is 89.5 cm³/mol. The van der Waals surface area contributed by atoms with Crippen LogP contribution in [0.15, 0.2) is 5.38 Å². The van der Waals surface area contributed by atoms with Crippen LogP contribution in [0.25, 0.3) is 11.4 Å². The highest BCUT2D eigenvalue weighted by molar-refractivity contribution is 7.71.